The molecule has 4 N–H and O–H groups in total. The molecule has 4 rings (SSSR count). The Balaban J connectivity index is 1.51. The van der Waals surface area contributed by atoms with E-state index in [0.717, 1.165) is 31.9 Å². The van der Waals surface area contributed by atoms with Crippen molar-refractivity contribution in [3.63, 3.8) is 0 Å². The third-order valence-corrected chi connectivity index (χ3v) is 5.73. The predicted molar refractivity (Wildman–Crippen MR) is 141 cm³/mol. The maximum absolute atomic E-state index is 8.92. The van der Waals surface area contributed by atoms with Crippen LogP contribution in [0, 0.1) is 12.3 Å². The second-order valence-electron chi connectivity index (χ2n) is 8.72. The summed E-state index contributed by atoms with van der Waals surface area (Å²) in [5, 5.41) is 12.4. The standard InChI is InChI=1S/C27H34N6O3/c1-3-14-35-18-33-13-15-34-17-21(16-33)32-27-24(26(29)30-19(2)31-27)25(28)20-9-11-23(12-10-20)36-22-7-5-4-6-8-22/h4-12,21,28H,3,13-18H2,1-2H3,(H3,29,30,31,32). The van der Waals surface area contributed by atoms with Crippen molar-refractivity contribution in [2.75, 3.05) is 50.7 Å². The molecule has 0 bridgehead atoms. The van der Waals surface area contributed by atoms with Gasteiger partial charge in [-0.3, -0.25) is 10.3 Å². The van der Waals surface area contributed by atoms with Crippen molar-refractivity contribution < 1.29 is 14.2 Å². The lowest BCUT2D eigenvalue weighted by molar-refractivity contribution is 0.0267. The van der Waals surface area contributed by atoms with Gasteiger partial charge in [0.15, 0.2) is 0 Å². The first kappa shape index (κ1) is 25.6. The Morgan fingerprint density at radius 3 is 2.64 bits per heavy atom. The number of aromatic nitrogens is 2. The zero-order valence-electron chi connectivity index (χ0n) is 20.9. The van der Waals surface area contributed by atoms with Crippen LogP contribution in [0.3, 0.4) is 0 Å². The Labute approximate surface area is 212 Å². The van der Waals surface area contributed by atoms with Gasteiger partial charge in [0, 0.05) is 25.3 Å². The van der Waals surface area contributed by atoms with Gasteiger partial charge in [0.2, 0.25) is 0 Å². The van der Waals surface area contributed by atoms with Gasteiger partial charge in [-0.1, -0.05) is 25.1 Å². The highest BCUT2D eigenvalue weighted by atomic mass is 16.5. The van der Waals surface area contributed by atoms with Crippen LogP contribution in [0.2, 0.25) is 0 Å². The Bertz CT molecular complexity index is 1140. The first-order valence-electron chi connectivity index (χ1n) is 12.2. The Kier molecular flexibility index (Phi) is 8.83. The van der Waals surface area contributed by atoms with E-state index < -0.39 is 0 Å². The van der Waals surface area contributed by atoms with Gasteiger partial charge in [0.05, 0.1) is 37.3 Å². The van der Waals surface area contributed by atoms with Gasteiger partial charge in [-0.2, -0.15) is 0 Å². The molecule has 9 heteroatoms. The molecule has 36 heavy (non-hydrogen) atoms. The second-order valence-corrected chi connectivity index (χ2v) is 8.72. The average Bonchev–Trinajstić information content (AvgIpc) is 3.09. The Morgan fingerprint density at radius 1 is 1.14 bits per heavy atom. The minimum Gasteiger partial charge on any atom is -0.457 e. The molecule has 1 atom stereocenters. The van der Waals surface area contributed by atoms with Crippen molar-refractivity contribution in [3.8, 4) is 11.5 Å². The lowest BCUT2D eigenvalue weighted by atomic mass is 10.0. The van der Waals surface area contributed by atoms with Crippen LogP contribution in [0.25, 0.3) is 0 Å². The van der Waals surface area contributed by atoms with Crippen LogP contribution in [0.4, 0.5) is 11.6 Å². The van der Waals surface area contributed by atoms with Crippen LogP contribution in [0.1, 0.15) is 30.3 Å². The Morgan fingerprint density at radius 2 is 1.89 bits per heavy atom. The summed E-state index contributed by atoms with van der Waals surface area (Å²) in [6.45, 7) is 7.85. The molecule has 1 aliphatic rings. The monoisotopic (exact) mass is 490 g/mol. The van der Waals surface area contributed by atoms with Gasteiger partial charge < -0.3 is 25.3 Å². The molecule has 2 aromatic carbocycles. The SMILES string of the molecule is CCCOCN1CCOCC(Nc2nc(C)nc(N)c2C(=N)c2ccc(Oc3ccccc3)cc2)C1. The molecular weight excluding hydrogens is 456 g/mol. The number of hydrogen-bond donors (Lipinski definition) is 3. The van der Waals surface area contributed by atoms with E-state index in [2.05, 4.69) is 27.1 Å². The van der Waals surface area contributed by atoms with Gasteiger partial charge in [-0.05, 0) is 49.7 Å². The molecule has 0 amide bonds. The number of hydrogen-bond acceptors (Lipinski definition) is 9. The minimum absolute atomic E-state index is 0.0420. The molecule has 190 valence electrons. The number of anilines is 2. The number of nitrogens with one attached hydrogen (secondary N) is 2. The number of nitrogen functional groups attached to an aromatic ring is 1. The zero-order chi connectivity index (χ0) is 25.3. The summed E-state index contributed by atoms with van der Waals surface area (Å²) in [5.74, 6) is 2.76. The zero-order valence-corrected chi connectivity index (χ0v) is 20.9. The molecule has 9 nitrogen and oxygen atoms in total. The number of benzene rings is 2. The molecule has 3 aromatic rings. The first-order valence-corrected chi connectivity index (χ1v) is 12.2. The summed E-state index contributed by atoms with van der Waals surface area (Å²) < 4.78 is 17.4. The third kappa shape index (κ3) is 6.78. The lowest BCUT2D eigenvalue weighted by Gasteiger charge is -2.25. The fourth-order valence-electron chi connectivity index (χ4n) is 4.01. The molecule has 1 unspecified atom stereocenters. The summed E-state index contributed by atoms with van der Waals surface area (Å²) >= 11 is 0. The molecule has 1 saturated heterocycles. The van der Waals surface area contributed by atoms with Crippen LogP contribution in [-0.2, 0) is 9.47 Å². The van der Waals surface area contributed by atoms with Gasteiger partial charge in [0.25, 0.3) is 0 Å². The largest absolute Gasteiger partial charge is 0.457 e. The lowest BCUT2D eigenvalue weighted by Crippen LogP contribution is -2.39. The van der Waals surface area contributed by atoms with E-state index in [1.54, 1.807) is 6.92 Å². The summed E-state index contributed by atoms with van der Waals surface area (Å²) in [4.78, 5) is 11.2. The third-order valence-electron chi connectivity index (χ3n) is 5.73. The molecule has 0 radical (unpaired) electrons. The van der Waals surface area contributed by atoms with Crippen LogP contribution in [0.15, 0.2) is 54.6 Å². The average molecular weight is 491 g/mol. The number of ether oxygens (including phenoxy) is 3. The number of para-hydroxylation sites is 1. The van der Waals surface area contributed by atoms with E-state index >= 15 is 0 Å². The molecule has 1 aromatic heterocycles. The molecular formula is C27H34N6O3. The van der Waals surface area contributed by atoms with E-state index in [1.165, 1.54) is 0 Å². The van der Waals surface area contributed by atoms with Crippen LogP contribution >= 0.6 is 0 Å². The normalized spacial score (nSPS) is 16.3. The number of aryl methyl sites for hydroxylation is 1. The van der Waals surface area contributed by atoms with E-state index in [-0.39, 0.29) is 17.6 Å². The highest BCUT2D eigenvalue weighted by molar-refractivity contribution is 6.16. The molecule has 0 spiro atoms. The van der Waals surface area contributed by atoms with Crippen LogP contribution in [0.5, 0.6) is 11.5 Å². The van der Waals surface area contributed by atoms with Crippen molar-refractivity contribution in [2.24, 2.45) is 0 Å². The van der Waals surface area contributed by atoms with Gasteiger partial charge in [0.1, 0.15) is 29.0 Å². The maximum Gasteiger partial charge on any atom is 0.141 e. The van der Waals surface area contributed by atoms with Gasteiger partial charge in [-0.15, -0.1) is 0 Å². The molecule has 2 heterocycles. The molecule has 1 aliphatic heterocycles. The van der Waals surface area contributed by atoms with E-state index in [4.69, 9.17) is 25.4 Å². The smallest absolute Gasteiger partial charge is 0.141 e. The number of nitrogens with zero attached hydrogens (tertiary/aromatic N) is 3. The number of rotatable bonds is 10. The minimum atomic E-state index is -0.0420. The van der Waals surface area contributed by atoms with Crippen molar-refractivity contribution in [2.45, 2.75) is 26.3 Å². The summed E-state index contributed by atoms with van der Waals surface area (Å²) in [6.07, 6.45) is 0.982. The second kappa shape index (κ2) is 12.4. The van der Waals surface area contributed by atoms with Gasteiger partial charge in [-0.25, -0.2) is 9.97 Å². The first-order chi connectivity index (χ1) is 17.5. The predicted octanol–water partition coefficient (Wildman–Crippen LogP) is 4.07. The van der Waals surface area contributed by atoms with Crippen molar-refractivity contribution >= 4 is 17.3 Å². The maximum atomic E-state index is 8.92. The van der Waals surface area contributed by atoms with Crippen molar-refractivity contribution in [3.05, 3.63) is 71.5 Å². The fourth-order valence-corrected chi connectivity index (χ4v) is 4.01. The summed E-state index contributed by atoms with van der Waals surface area (Å²) in [7, 11) is 0. The topological polar surface area (TPSA) is 119 Å². The molecule has 0 aliphatic carbocycles. The fraction of sp³-hybridized carbons (Fsp3) is 0.370. The van der Waals surface area contributed by atoms with E-state index in [9.17, 15) is 0 Å². The highest BCUT2D eigenvalue weighted by Crippen LogP contribution is 2.26. The summed E-state index contributed by atoms with van der Waals surface area (Å²) in [5.41, 5.74) is 7.71. The summed E-state index contributed by atoms with van der Waals surface area (Å²) in [6, 6.07) is 16.9. The molecule has 1 fully saturated rings. The highest BCUT2D eigenvalue weighted by Gasteiger charge is 2.23. The van der Waals surface area contributed by atoms with E-state index in [1.807, 2.05) is 54.6 Å². The Hall–Kier alpha value is -3.53. The molecule has 0 saturated carbocycles. The van der Waals surface area contributed by atoms with Crippen LogP contribution < -0.4 is 15.8 Å². The quantitative estimate of drug-likeness (QED) is 0.287. The van der Waals surface area contributed by atoms with Crippen LogP contribution in [-0.4, -0.2) is 66.3 Å². The van der Waals surface area contributed by atoms with Crippen molar-refractivity contribution in [1.82, 2.24) is 14.9 Å². The van der Waals surface area contributed by atoms with Crippen molar-refractivity contribution in [1.29, 1.82) is 5.41 Å². The van der Waals surface area contributed by atoms with Gasteiger partial charge >= 0.3 is 0 Å². The van der Waals surface area contributed by atoms with E-state index in [0.29, 0.717) is 48.5 Å². The number of nitrogens with two attached hydrogens (primary N) is 1.